The summed E-state index contributed by atoms with van der Waals surface area (Å²) in [4.78, 5) is 17.9. The van der Waals surface area contributed by atoms with Crippen LogP contribution in [0.5, 0.6) is 0 Å². The SMILES string of the molecule is CN(C)C[C@@H](NC(=O)Cc1c[nH]c2ccccc12)c1ccccc1. The molecule has 3 aromatic rings. The molecule has 0 radical (unpaired) electrons. The van der Waals surface area contributed by atoms with Crippen molar-refractivity contribution in [3.05, 3.63) is 71.9 Å². The average molecular weight is 321 g/mol. The Hall–Kier alpha value is -2.59. The summed E-state index contributed by atoms with van der Waals surface area (Å²) in [5, 5.41) is 4.28. The van der Waals surface area contributed by atoms with Crippen LogP contribution in [-0.4, -0.2) is 36.4 Å². The van der Waals surface area contributed by atoms with E-state index in [0.29, 0.717) is 6.42 Å². The lowest BCUT2D eigenvalue weighted by Crippen LogP contribution is -2.36. The number of aromatic amines is 1. The van der Waals surface area contributed by atoms with Crippen molar-refractivity contribution in [1.29, 1.82) is 0 Å². The topological polar surface area (TPSA) is 48.1 Å². The van der Waals surface area contributed by atoms with Crippen molar-refractivity contribution in [2.24, 2.45) is 0 Å². The molecule has 1 amide bonds. The molecule has 1 aromatic heterocycles. The summed E-state index contributed by atoms with van der Waals surface area (Å²) >= 11 is 0. The molecule has 124 valence electrons. The fraction of sp³-hybridized carbons (Fsp3) is 0.250. The Morgan fingerprint density at radius 3 is 2.54 bits per heavy atom. The highest BCUT2D eigenvalue weighted by Gasteiger charge is 2.16. The molecular formula is C20H23N3O. The number of aromatic nitrogens is 1. The van der Waals surface area contributed by atoms with Gasteiger partial charge in [-0.2, -0.15) is 0 Å². The van der Waals surface area contributed by atoms with Gasteiger partial charge >= 0.3 is 0 Å². The van der Waals surface area contributed by atoms with Crippen LogP contribution in [0.25, 0.3) is 10.9 Å². The summed E-state index contributed by atoms with van der Waals surface area (Å²) in [7, 11) is 4.03. The normalized spacial score (nSPS) is 12.5. The second-order valence-electron chi connectivity index (χ2n) is 6.33. The second kappa shape index (κ2) is 7.32. The van der Waals surface area contributed by atoms with Crippen LogP contribution in [0.15, 0.2) is 60.8 Å². The minimum absolute atomic E-state index is 0.0149. The molecule has 4 nitrogen and oxygen atoms in total. The third kappa shape index (κ3) is 3.84. The number of rotatable bonds is 6. The minimum Gasteiger partial charge on any atom is -0.361 e. The van der Waals surface area contributed by atoms with Crippen molar-refractivity contribution in [1.82, 2.24) is 15.2 Å². The molecule has 0 saturated heterocycles. The molecule has 2 N–H and O–H groups in total. The van der Waals surface area contributed by atoms with Crippen LogP contribution in [0.2, 0.25) is 0 Å². The summed E-state index contributed by atoms with van der Waals surface area (Å²) in [5.41, 5.74) is 3.21. The van der Waals surface area contributed by atoms with E-state index in [-0.39, 0.29) is 11.9 Å². The van der Waals surface area contributed by atoms with Gasteiger partial charge in [0.1, 0.15) is 0 Å². The number of carbonyl (C=O) groups excluding carboxylic acids is 1. The Balaban J connectivity index is 1.73. The number of para-hydroxylation sites is 1. The van der Waals surface area contributed by atoms with Crippen molar-refractivity contribution < 1.29 is 4.79 Å². The second-order valence-corrected chi connectivity index (χ2v) is 6.33. The number of likely N-dealkylation sites (N-methyl/N-ethyl adjacent to an activating group) is 1. The maximum atomic E-state index is 12.6. The minimum atomic E-state index is -0.0149. The highest BCUT2D eigenvalue weighted by molar-refractivity contribution is 5.89. The molecule has 4 heteroatoms. The fourth-order valence-corrected chi connectivity index (χ4v) is 2.98. The Kier molecular flexibility index (Phi) is 4.96. The van der Waals surface area contributed by atoms with Gasteiger partial charge in [-0.1, -0.05) is 48.5 Å². The first-order valence-electron chi connectivity index (χ1n) is 8.17. The number of carbonyl (C=O) groups is 1. The monoisotopic (exact) mass is 321 g/mol. The standard InChI is InChI=1S/C20H23N3O/c1-23(2)14-19(15-8-4-3-5-9-15)22-20(24)12-16-13-21-18-11-7-6-10-17(16)18/h3-11,13,19,21H,12,14H2,1-2H3,(H,22,24)/t19-/m1/s1. The number of hydrogen-bond donors (Lipinski definition) is 2. The first-order valence-corrected chi connectivity index (χ1v) is 8.17. The molecule has 0 aliphatic heterocycles. The summed E-state index contributed by atoms with van der Waals surface area (Å²) in [6, 6.07) is 18.1. The number of hydrogen-bond acceptors (Lipinski definition) is 2. The van der Waals surface area contributed by atoms with Gasteiger partial charge in [-0.05, 0) is 31.3 Å². The van der Waals surface area contributed by atoms with Crippen LogP contribution in [0.1, 0.15) is 17.2 Å². The van der Waals surface area contributed by atoms with Gasteiger partial charge in [0.15, 0.2) is 0 Å². The molecule has 0 unspecified atom stereocenters. The molecule has 0 saturated carbocycles. The molecule has 0 fully saturated rings. The van der Waals surface area contributed by atoms with E-state index in [9.17, 15) is 4.79 Å². The number of nitrogens with zero attached hydrogens (tertiary/aromatic N) is 1. The molecular weight excluding hydrogens is 298 g/mol. The lowest BCUT2D eigenvalue weighted by atomic mass is 10.1. The van der Waals surface area contributed by atoms with Gasteiger partial charge in [0.25, 0.3) is 0 Å². The first-order chi connectivity index (χ1) is 11.6. The largest absolute Gasteiger partial charge is 0.361 e. The van der Waals surface area contributed by atoms with E-state index in [0.717, 1.165) is 28.6 Å². The molecule has 24 heavy (non-hydrogen) atoms. The van der Waals surface area contributed by atoms with E-state index in [1.54, 1.807) is 0 Å². The summed E-state index contributed by atoms with van der Waals surface area (Å²) in [5.74, 6) is 0.0375. The van der Waals surface area contributed by atoms with Crippen molar-refractivity contribution in [3.63, 3.8) is 0 Å². The van der Waals surface area contributed by atoms with Crippen LogP contribution in [0.4, 0.5) is 0 Å². The van der Waals surface area contributed by atoms with E-state index in [1.165, 1.54) is 0 Å². The quantitative estimate of drug-likeness (QED) is 0.733. The van der Waals surface area contributed by atoms with Gasteiger partial charge in [-0.25, -0.2) is 0 Å². The fourth-order valence-electron chi connectivity index (χ4n) is 2.98. The smallest absolute Gasteiger partial charge is 0.225 e. The summed E-state index contributed by atoms with van der Waals surface area (Å²) in [6.07, 6.45) is 2.30. The number of benzene rings is 2. The Labute approximate surface area is 142 Å². The van der Waals surface area contributed by atoms with E-state index >= 15 is 0 Å². The Morgan fingerprint density at radius 1 is 1.08 bits per heavy atom. The van der Waals surface area contributed by atoms with E-state index in [2.05, 4.69) is 27.3 Å². The van der Waals surface area contributed by atoms with Crippen LogP contribution in [-0.2, 0) is 11.2 Å². The molecule has 1 atom stereocenters. The summed E-state index contributed by atoms with van der Waals surface area (Å²) in [6.45, 7) is 0.767. The van der Waals surface area contributed by atoms with Gasteiger partial charge in [-0.3, -0.25) is 4.79 Å². The molecule has 0 spiro atoms. The Morgan fingerprint density at radius 2 is 1.79 bits per heavy atom. The predicted molar refractivity (Wildman–Crippen MR) is 97.9 cm³/mol. The lowest BCUT2D eigenvalue weighted by molar-refractivity contribution is -0.121. The van der Waals surface area contributed by atoms with Gasteiger partial charge < -0.3 is 15.2 Å². The third-order valence-electron chi connectivity index (χ3n) is 4.11. The van der Waals surface area contributed by atoms with Crippen LogP contribution < -0.4 is 5.32 Å². The molecule has 0 aliphatic rings. The Bertz CT molecular complexity index is 808. The predicted octanol–water partition coefficient (Wildman–Crippen LogP) is 3.13. The van der Waals surface area contributed by atoms with E-state index in [1.807, 2.05) is 62.8 Å². The number of fused-ring (bicyclic) bond motifs is 1. The van der Waals surface area contributed by atoms with Gasteiger partial charge in [0.2, 0.25) is 5.91 Å². The van der Waals surface area contributed by atoms with Crippen molar-refractivity contribution in [2.45, 2.75) is 12.5 Å². The number of H-pyrrole nitrogens is 1. The first kappa shape index (κ1) is 16.3. The molecule has 1 heterocycles. The third-order valence-corrected chi connectivity index (χ3v) is 4.11. The molecule has 2 aromatic carbocycles. The molecule has 3 rings (SSSR count). The van der Waals surface area contributed by atoms with Crippen LogP contribution in [0.3, 0.4) is 0 Å². The number of amides is 1. The van der Waals surface area contributed by atoms with E-state index < -0.39 is 0 Å². The maximum Gasteiger partial charge on any atom is 0.225 e. The zero-order chi connectivity index (χ0) is 16.9. The van der Waals surface area contributed by atoms with Crippen molar-refractivity contribution in [2.75, 3.05) is 20.6 Å². The lowest BCUT2D eigenvalue weighted by Gasteiger charge is -2.23. The zero-order valence-corrected chi connectivity index (χ0v) is 14.1. The zero-order valence-electron chi connectivity index (χ0n) is 14.1. The number of nitrogens with one attached hydrogen (secondary N) is 2. The molecule has 0 bridgehead atoms. The van der Waals surface area contributed by atoms with E-state index in [4.69, 9.17) is 0 Å². The average Bonchev–Trinajstić information content (AvgIpc) is 2.98. The van der Waals surface area contributed by atoms with Gasteiger partial charge in [0.05, 0.1) is 12.5 Å². The highest BCUT2D eigenvalue weighted by atomic mass is 16.1. The molecule has 0 aliphatic carbocycles. The van der Waals surface area contributed by atoms with Crippen molar-refractivity contribution in [3.8, 4) is 0 Å². The maximum absolute atomic E-state index is 12.6. The van der Waals surface area contributed by atoms with Gasteiger partial charge in [0, 0.05) is 23.6 Å². The summed E-state index contributed by atoms with van der Waals surface area (Å²) < 4.78 is 0. The van der Waals surface area contributed by atoms with Crippen LogP contribution >= 0.6 is 0 Å². The highest BCUT2D eigenvalue weighted by Crippen LogP contribution is 2.19. The van der Waals surface area contributed by atoms with Crippen molar-refractivity contribution >= 4 is 16.8 Å². The van der Waals surface area contributed by atoms with Gasteiger partial charge in [-0.15, -0.1) is 0 Å². The van der Waals surface area contributed by atoms with Crippen LogP contribution in [0, 0.1) is 0 Å².